The first-order chi connectivity index (χ1) is 8.23. The lowest BCUT2D eigenvalue weighted by Gasteiger charge is -2.30. The van der Waals surface area contributed by atoms with Crippen molar-refractivity contribution >= 4 is 23.0 Å². The summed E-state index contributed by atoms with van der Waals surface area (Å²) in [5, 5.41) is 0.717. The molecule has 0 aromatic heterocycles. The number of benzene rings is 1. The van der Waals surface area contributed by atoms with Crippen molar-refractivity contribution < 1.29 is 4.55 Å². The highest BCUT2D eigenvalue weighted by Gasteiger charge is 2.31. The summed E-state index contributed by atoms with van der Waals surface area (Å²) < 4.78 is 15.1. The monoisotopic (exact) mass is 287 g/mol. The highest BCUT2D eigenvalue weighted by molar-refractivity contribution is 7.90. The van der Waals surface area contributed by atoms with Crippen molar-refractivity contribution in [2.24, 2.45) is 5.92 Å². The molecule has 0 saturated heterocycles. The Morgan fingerprint density at radius 1 is 1.22 bits per heavy atom. The average Bonchev–Trinajstić information content (AvgIpc) is 2.25. The number of rotatable bonds is 4. The predicted octanol–water partition coefficient (Wildman–Crippen LogP) is 4.09. The maximum atomic E-state index is 12.2. The zero-order chi connectivity index (χ0) is 13.9. The fraction of sp³-hybridized carbons (Fsp3) is 0.571. The Kier molecular flexibility index (Phi) is 5.53. The zero-order valence-electron chi connectivity index (χ0n) is 11.7. The maximum absolute atomic E-state index is 12.2. The lowest BCUT2D eigenvalue weighted by molar-refractivity contribution is 0.452. The van der Waals surface area contributed by atoms with E-state index in [9.17, 15) is 4.55 Å². The van der Waals surface area contributed by atoms with Crippen molar-refractivity contribution in [2.45, 2.75) is 45.4 Å². The Bertz CT molecular complexity index is 390. The summed E-state index contributed by atoms with van der Waals surface area (Å²) >= 11 is 5.12. The molecule has 1 aromatic rings. The Morgan fingerprint density at radius 2 is 1.78 bits per heavy atom. The Hall–Kier alpha value is -0.220. The topological polar surface area (TPSA) is 35.1 Å². The lowest BCUT2D eigenvalue weighted by atomic mass is 9.97. The van der Waals surface area contributed by atoms with Gasteiger partial charge in [0.1, 0.15) is 4.75 Å². The van der Waals surface area contributed by atoms with Crippen molar-refractivity contribution in [1.82, 2.24) is 4.72 Å². The molecule has 0 spiro atoms. The zero-order valence-corrected chi connectivity index (χ0v) is 13.2. The Morgan fingerprint density at radius 3 is 2.22 bits per heavy atom. The largest absolute Gasteiger partial charge is 0.598 e. The number of halogens is 1. The van der Waals surface area contributed by atoms with Crippen LogP contribution in [0.5, 0.6) is 0 Å². The second-order valence-electron chi connectivity index (χ2n) is 5.74. The standard InChI is InChI=1S/C14H22ClNOS/c1-10(2)13(16-18(17)14(3,4)5)11-8-6-7-9-12(11)15/h6-10,13,16H,1-5H3. The molecule has 102 valence electrons. The summed E-state index contributed by atoms with van der Waals surface area (Å²) in [4.78, 5) is 0. The predicted molar refractivity (Wildman–Crippen MR) is 80.1 cm³/mol. The second kappa shape index (κ2) is 6.29. The highest BCUT2D eigenvalue weighted by Crippen LogP contribution is 2.30. The summed E-state index contributed by atoms with van der Waals surface area (Å²) in [6.45, 7) is 10.1. The van der Waals surface area contributed by atoms with E-state index in [0.29, 0.717) is 5.92 Å². The molecular formula is C14H22ClNOS. The van der Waals surface area contributed by atoms with E-state index < -0.39 is 11.4 Å². The van der Waals surface area contributed by atoms with Crippen molar-refractivity contribution in [1.29, 1.82) is 0 Å². The molecule has 0 fully saturated rings. The number of hydrogen-bond acceptors (Lipinski definition) is 2. The van der Waals surface area contributed by atoms with Crippen LogP contribution in [0.15, 0.2) is 24.3 Å². The molecule has 0 saturated carbocycles. The molecule has 0 aliphatic rings. The lowest BCUT2D eigenvalue weighted by Crippen LogP contribution is -2.42. The van der Waals surface area contributed by atoms with E-state index >= 15 is 0 Å². The fourth-order valence-electron chi connectivity index (χ4n) is 1.58. The van der Waals surface area contributed by atoms with Crippen molar-refractivity contribution in [3.05, 3.63) is 34.9 Å². The van der Waals surface area contributed by atoms with Gasteiger partial charge < -0.3 is 4.55 Å². The Balaban J connectivity index is 2.95. The van der Waals surface area contributed by atoms with E-state index in [1.807, 2.05) is 45.0 Å². The molecule has 2 unspecified atom stereocenters. The molecular weight excluding hydrogens is 266 g/mol. The Labute approximate surface area is 118 Å². The summed E-state index contributed by atoms with van der Waals surface area (Å²) in [6.07, 6.45) is 0. The molecule has 0 heterocycles. The molecule has 18 heavy (non-hydrogen) atoms. The molecule has 0 bridgehead atoms. The first-order valence-corrected chi connectivity index (χ1v) is 7.68. The van der Waals surface area contributed by atoms with E-state index in [1.54, 1.807) is 0 Å². The summed E-state index contributed by atoms with van der Waals surface area (Å²) in [5.74, 6) is 0.316. The van der Waals surface area contributed by atoms with Crippen LogP contribution in [0.1, 0.15) is 46.2 Å². The van der Waals surface area contributed by atoms with Crippen LogP contribution in [0.4, 0.5) is 0 Å². The van der Waals surface area contributed by atoms with Crippen LogP contribution in [0.3, 0.4) is 0 Å². The van der Waals surface area contributed by atoms with Gasteiger partial charge in [-0.3, -0.25) is 0 Å². The van der Waals surface area contributed by atoms with Gasteiger partial charge in [0.25, 0.3) is 0 Å². The maximum Gasteiger partial charge on any atom is 0.136 e. The van der Waals surface area contributed by atoms with Gasteiger partial charge in [0.05, 0.1) is 6.04 Å². The summed E-state index contributed by atoms with van der Waals surface area (Å²) in [6, 6.07) is 7.72. The molecule has 1 N–H and O–H groups in total. The van der Waals surface area contributed by atoms with E-state index in [0.717, 1.165) is 10.6 Å². The first kappa shape index (κ1) is 15.8. The van der Waals surface area contributed by atoms with Crippen LogP contribution in [0.2, 0.25) is 5.02 Å². The van der Waals surface area contributed by atoms with Gasteiger partial charge in [-0.2, -0.15) is 0 Å². The van der Waals surface area contributed by atoms with Gasteiger partial charge in [-0.25, -0.2) is 0 Å². The SMILES string of the molecule is CC(C)C(N[S+]([O-])C(C)(C)C)c1ccccc1Cl. The van der Waals surface area contributed by atoms with Crippen molar-refractivity contribution in [2.75, 3.05) is 0 Å². The van der Waals surface area contributed by atoms with E-state index in [4.69, 9.17) is 11.6 Å². The van der Waals surface area contributed by atoms with E-state index in [-0.39, 0.29) is 10.8 Å². The highest BCUT2D eigenvalue weighted by atomic mass is 35.5. The van der Waals surface area contributed by atoms with Gasteiger partial charge in [0.2, 0.25) is 0 Å². The van der Waals surface area contributed by atoms with Crippen molar-refractivity contribution in [3.63, 3.8) is 0 Å². The van der Waals surface area contributed by atoms with Crippen molar-refractivity contribution in [3.8, 4) is 0 Å². The van der Waals surface area contributed by atoms with Gasteiger partial charge in [0.15, 0.2) is 0 Å². The minimum absolute atomic E-state index is 0.00115. The molecule has 0 aliphatic heterocycles. The van der Waals surface area contributed by atoms with Crippen LogP contribution in [-0.4, -0.2) is 9.30 Å². The number of hydrogen-bond donors (Lipinski definition) is 1. The van der Waals surface area contributed by atoms with Gasteiger partial charge in [-0.1, -0.05) is 43.6 Å². The quantitative estimate of drug-likeness (QED) is 0.847. The van der Waals surface area contributed by atoms with Gasteiger partial charge in [-0.05, 0) is 38.3 Å². The average molecular weight is 288 g/mol. The molecule has 2 atom stereocenters. The third-order valence-corrected chi connectivity index (χ3v) is 4.62. The molecule has 0 aliphatic carbocycles. The van der Waals surface area contributed by atoms with Gasteiger partial charge in [-0.15, -0.1) is 4.72 Å². The molecule has 2 nitrogen and oxygen atoms in total. The van der Waals surface area contributed by atoms with Crippen LogP contribution < -0.4 is 4.72 Å². The van der Waals surface area contributed by atoms with Gasteiger partial charge >= 0.3 is 0 Å². The summed E-state index contributed by atoms with van der Waals surface area (Å²) in [5.41, 5.74) is 1.01. The van der Waals surface area contributed by atoms with Crippen LogP contribution in [0.25, 0.3) is 0 Å². The third-order valence-electron chi connectivity index (χ3n) is 2.70. The van der Waals surface area contributed by atoms with Crippen LogP contribution in [0, 0.1) is 5.92 Å². The third kappa shape index (κ3) is 4.16. The molecule has 1 rings (SSSR count). The molecule has 0 amide bonds. The molecule has 1 aromatic carbocycles. The normalized spacial score (nSPS) is 15.8. The minimum atomic E-state index is -1.11. The van der Waals surface area contributed by atoms with Crippen LogP contribution >= 0.6 is 11.6 Å². The summed E-state index contributed by atoms with van der Waals surface area (Å²) in [7, 11) is 0. The smallest absolute Gasteiger partial charge is 0.136 e. The second-order valence-corrected chi connectivity index (χ2v) is 8.15. The van der Waals surface area contributed by atoms with E-state index in [2.05, 4.69) is 18.6 Å². The van der Waals surface area contributed by atoms with Gasteiger partial charge in [0, 0.05) is 16.4 Å². The number of nitrogens with one attached hydrogen (secondary N) is 1. The van der Waals surface area contributed by atoms with Crippen LogP contribution in [-0.2, 0) is 11.4 Å². The molecule has 0 radical (unpaired) electrons. The fourth-order valence-corrected chi connectivity index (χ4v) is 2.81. The van der Waals surface area contributed by atoms with E-state index in [1.165, 1.54) is 0 Å². The minimum Gasteiger partial charge on any atom is -0.598 e. The molecule has 4 heteroatoms. The first-order valence-electron chi connectivity index (χ1n) is 6.16.